The summed E-state index contributed by atoms with van der Waals surface area (Å²) < 4.78 is 0.954. The molecule has 76 valence electrons. The number of nitrogens with zero attached hydrogens (tertiary/aromatic N) is 3. The van der Waals surface area contributed by atoms with Gasteiger partial charge in [-0.15, -0.1) is 0 Å². The van der Waals surface area contributed by atoms with Gasteiger partial charge < -0.3 is 5.73 Å². The molecule has 4 nitrogen and oxygen atoms in total. The molecular weight excluding hydrogens is 276 g/mol. The molecule has 15 heavy (non-hydrogen) atoms. The number of nitrogen functional groups attached to an aromatic ring is 1. The Kier molecular flexibility index (Phi) is 3.17. The van der Waals surface area contributed by atoms with E-state index in [1.54, 1.807) is 12.4 Å². The summed E-state index contributed by atoms with van der Waals surface area (Å²) in [7, 11) is 0. The number of rotatable bonds is 2. The van der Waals surface area contributed by atoms with Crippen LogP contribution in [-0.2, 0) is 0 Å². The molecule has 0 bridgehead atoms. The summed E-state index contributed by atoms with van der Waals surface area (Å²) in [5.74, 6) is 0.420. The smallest absolute Gasteiger partial charge is 0.141 e. The van der Waals surface area contributed by atoms with Crippen LogP contribution in [0.5, 0.6) is 0 Å². The van der Waals surface area contributed by atoms with Crippen molar-refractivity contribution in [3.63, 3.8) is 0 Å². The maximum Gasteiger partial charge on any atom is 0.141 e. The summed E-state index contributed by atoms with van der Waals surface area (Å²) in [6.07, 6.45) is 4.90. The summed E-state index contributed by atoms with van der Waals surface area (Å²) in [5, 5.41) is 1.65. The van der Waals surface area contributed by atoms with Crippen molar-refractivity contribution < 1.29 is 0 Å². The first-order valence-electron chi connectivity index (χ1n) is 4.11. The highest BCUT2D eigenvalue weighted by Crippen LogP contribution is 2.24. The average molecular weight is 283 g/mol. The zero-order chi connectivity index (χ0) is 10.7. The number of anilines is 1. The van der Waals surface area contributed by atoms with E-state index in [0.717, 1.165) is 14.5 Å². The number of pyridine rings is 1. The Hall–Kier alpha value is -1.14. The van der Waals surface area contributed by atoms with Crippen LogP contribution in [0.1, 0.15) is 0 Å². The molecule has 0 saturated heterocycles. The van der Waals surface area contributed by atoms with Crippen LogP contribution in [0.4, 0.5) is 5.82 Å². The predicted molar refractivity (Wildman–Crippen MR) is 62.5 cm³/mol. The Bertz CT molecular complexity index is 399. The molecule has 2 rings (SSSR count). The fraction of sp³-hybridized carbons (Fsp3) is 0. The summed E-state index contributed by atoms with van der Waals surface area (Å²) >= 11 is 4.77. The van der Waals surface area contributed by atoms with Gasteiger partial charge in [-0.1, -0.05) is 0 Å². The summed E-state index contributed by atoms with van der Waals surface area (Å²) in [5.41, 5.74) is 5.44. The molecule has 6 heteroatoms. The lowest BCUT2D eigenvalue weighted by Crippen LogP contribution is -1.91. The van der Waals surface area contributed by atoms with Crippen molar-refractivity contribution in [3.05, 3.63) is 35.2 Å². The van der Waals surface area contributed by atoms with E-state index >= 15 is 0 Å². The molecule has 0 aliphatic carbocycles. The van der Waals surface area contributed by atoms with Gasteiger partial charge in [0.15, 0.2) is 0 Å². The molecule has 2 N–H and O–H groups in total. The Morgan fingerprint density at radius 3 is 2.40 bits per heavy atom. The number of hydrogen-bond acceptors (Lipinski definition) is 5. The van der Waals surface area contributed by atoms with Gasteiger partial charge in [0.1, 0.15) is 15.9 Å². The van der Waals surface area contributed by atoms with E-state index in [-0.39, 0.29) is 0 Å². The number of halogens is 1. The number of aromatic nitrogens is 3. The van der Waals surface area contributed by atoms with E-state index in [9.17, 15) is 0 Å². The van der Waals surface area contributed by atoms with Crippen molar-refractivity contribution >= 4 is 33.5 Å². The third kappa shape index (κ3) is 2.90. The van der Waals surface area contributed by atoms with Gasteiger partial charge in [-0.05, 0) is 39.8 Å². The van der Waals surface area contributed by atoms with E-state index in [4.69, 9.17) is 5.73 Å². The molecule has 2 aromatic rings. The van der Waals surface area contributed by atoms with E-state index < -0.39 is 0 Å². The quantitative estimate of drug-likeness (QED) is 0.916. The zero-order valence-electron chi connectivity index (χ0n) is 7.59. The maximum absolute atomic E-state index is 5.44. The Morgan fingerprint density at radius 1 is 1.00 bits per heavy atom. The topological polar surface area (TPSA) is 64.7 Å². The maximum atomic E-state index is 5.44. The van der Waals surface area contributed by atoms with Gasteiger partial charge >= 0.3 is 0 Å². The lowest BCUT2D eigenvalue weighted by Gasteiger charge is -1.99. The molecule has 2 heterocycles. The fourth-order valence-electron chi connectivity index (χ4n) is 0.909. The van der Waals surface area contributed by atoms with Gasteiger partial charge in [-0.25, -0.2) is 15.0 Å². The third-order valence-electron chi connectivity index (χ3n) is 1.56. The lowest BCUT2D eigenvalue weighted by atomic mass is 10.5. The van der Waals surface area contributed by atoms with Crippen LogP contribution in [0.15, 0.2) is 45.2 Å². The molecule has 2 aromatic heterocycles. The first-order chi connectivity index (χ1) is 7.24. The predicted octanol–water partition coefficient (Wildman–Crippen LogP) is 2.37. The molecule has 0 fully saturated rings. The zero-order valence-corrected chi connectivity index (χ0v) is 9.99. The van der Waals surface area contributed by atoms with Crippen molar-refractivity contribution in [3.8, 4) is 0 Å². The van der Waals surface area contributed by atoms with Crippen molar-refractivity contribution in [2.24, 2.45) is 0 Å². The van der Waals surface area contributed by atoms with Gasteiger partial charge in [0.25, 0.3) is 0 Å². The van der Waals surface area contributed by atoms with Crippen LogP contribution in [0.25, 0.3) is 0 Å². The Labute approximate surface area is 99.5 Å². The van der Waals surface area contributed by atoms with Crippen LogP contribution in [0, 0.1) is 0 Å². The van der Waals surface area contributed by atoms with Crippen LogP contribution in [-0.4, -0.2) is 15.0 Å². The third-order valence-corrected chi connectivity index (χ3v) is 2.90. The highest BCUT2D eigenvalue weighted by molar-refractivity contribution is 9.10. The average Bonchev–Trinajstić information content (AvgIpc) is 2.25. The second-order valence-electron chi connectivity index (χ2n) is 2.70. The Morgan fingerprint density at radius 2 is 1.80 bits per heavy atom. The van der Waals surface area contributed by atoms with E-state index in [1.165, 1.54) is 18.0 Å². The molecule has 0 amide bonds. The van der Waals surface area contributed by atoms with Crippen molar-refractivity contribution in [1.82, 2.24) is 15.0 Å². The molecule has 0 spiro atoms. The minimum atomic E-state index is 0.420. The SMILES string of the molecule is Nc1cnc(Sc2ccc(Br)cn2)cn1. The second kappa shape index (κ2) is 4.59. The molecular formula is C9H7BrN4S. The molecule has 0 atom stereocenters. The first kappa shape index (κ1) is 10.4. The van der Waals surface area contributed by atoms with E-state index in [0.29, 0.717) is 5.82 Å². The molecule has 0 aromatic carbocycles. The second-order valence-corrected chi connectivity index (χ2v) is 4.65. The van der Waals surface area contributed by atoms with Crippen LogP contribution >= 0.6 is 27.7 Å². The summed E-state index contributed by atoms with van der Waals surface area (Å²) in [6.45, 7) is 0. The summed E-state index contributed by atoms with van der Waals surface area (Å²) in [4.78, 5) is 12.3. The van der Waals surface area contributed by atoms with Gasteiger partial charge in [0.05, 0.1) is 12.4 Å². The molecule has 0 aliphatic heterocycles. The minimum absolute atomic E-state index is 0.420. The highest BCUT2D eigenvalue weighted by atomic mass is 79.9. The van der Waals surface area contributed by atoms with Gasteiger partial charge in [-0.2, -0.15) is 0 Å². The molecule has 0 aliphatic rings. The van der Waals surface area contributed by atoms with Crippen molar-refractivity contribution in [2.75, 3.05) is 5.73 Å². The van der Waals surface area contributed by atoms with E-state index in [1.807, 2.05) is 12.1 Å². The minimum Gasteiger partial charge on any atom is -0.382 e. The fourth-order valence-corrected chi connectivity index (χ4v) is 1.81. The van der Waals surface area contributed by atoms with Crippen molar-refractivity contribution in [1.29, 1.82) is 0 Å². The highest BCUT2D eigenvalue weighted by Gasteiger charge is 2.00. The normalized spacial score (nSPS) is 10.2. The van der Waals surface area contributed by atoms with Crippen LogP contribution < -0.4 is 5.73 Å². The van der Waals surface area contributed by atoms with Gasteiger partial charge in [0.2, 0.25) is 0 Å². The molecule has 0 saturated carbocycles. The standard InChI is InChI=1S/C9H7BrN4S/c10-6-1-2-8(13-3-6)15-9-5-12-7(11)4-14-9/h1-5H,(H2,11,12). The van der Waals surface area contributed by atoms with Crippen molar-refractivity contribution in [2.45, 2.75) is 10.1 Å². The first-order valence-corrected chi connectivity index (χ1v) is 5.72. The monoisotopic (exact) mass is 282 g/mol. The van der Waals surface area contributed by atoms with E-state index in [2.05, 4.69) is 30.9 Å². The van der Waals surface area contributed by atoms with Crippen LogP contribution in [0.2, 0.25) is 0 Å². The van der Waals surface area contributed by atoms with Gasteiger partial charge in [-0.3, -0.25) is 0 Å². The molecule has 0 radical (unpaired) electrons. The Balaban J connectivity index is 2.15. The largest absolute Gasteiger partial charge is 0.382 e. The van der Waals surface area contributed by atoms with Crippen LogP contribution in [0.3, 0.4) is 0 Å². The number of nitrogens with two attached hydrogens (primary N) is 1. The summed E-state index contributed by atoms with van der Waals surface area (Å²) in [6, 6.07) is 3.84. The lowest BCUT2D eigenvalue weighted by molar-refractivity contribution is 1.05. The molecule has 0 unspecified atom stereocenters. The van der Waals surface area contributed by atoms with Gasteiger partial charge in [0, 0.05) is 10.7 Å². The number of hydrogen-bond donors (Lipinski definition) is 1.